The molecule has 0 bridgehead atoms. The van der Waals surface area contributed by atoms with Crippen molar-refractivity contribution in [3.05, 3.63) is 69.2 Å². The highest BCUT2D eigenvalue weighted by Crippen LogP contribution is 2.29. The largest absolute Gasteiger partial charge is 0.383 e. The van der Waals surface area contributed by atoms with Gasteiger partial charge in [0.1, 0.15) is 0 Å². The third kappa shape index (κ3) is 10.5. The molecule has 3 nitrogen and oxygen atoms in total. The quantitative estimate of drug-likeness (QED) is 0.267. The van der Waals surface area contributed by atoms with Crippen LogP contribution in [0.2, 0.25) is 16.6 Å². The van der Waals surface area contributed by atoms with Crippen LogP contribution in [0, 0.1) is 12.3 Å². The van der Waals surface area contributed by atoms with Crippen LogP contribution in [0.4, 0.5) is 0 Å². The summed E-state index contributed by atoms with van der Waals surface area (Å²) in [5.74, 6) is 0.408. The monoisotopic (exact) mass is 557 g/mol. The van der Waals surface area contributed by atoms with Gasteiger partial charge in [0.05, 0.1) is 27.9 Å². The highest BCUT2D eigenvalue weighted by Gasteiger charge is 2.24. The third-order valence-electron chi connectivity index (χ3n) is 7.75. The summed E-state index contributed by atoms with van der Waals surface area (Å²) in [6.45, 7) is 23.2. The van der Waals surface area contributed by atoms with E-state index in [1.165, 1.54) is 16.7 Å². The van der Waals surface area contributed by atoms with Crippen molar-refractivity contribution >= 4 is 26.3 Å². The van der Waals surface area contributed by atoms with E-state index in [2.05, 4.69) is 85.5 Å². The van der Waals surface area contributed by atoms with E-state index < -0.39 is 8.80 Å². The summed E-state index contributed by atoms with van der Waals surface area (Å²) in [5, 5.41) is 4.30. The Labute approximate surface area is 239 Å². The maximum Gasteiger partial charge on any atom is 0.224 e. The summed E-state index contributed by atoms with van der Waals surface area (Å²) in [6.07, 6.45) is 4.01. The smallest absolute Gasteiger partial charge is 0.224 e. The van der Waals surface area contributed by atoms with E-state index in [9.17, 15) is 4.79 Å². The predicted octanol–water partition coefficient (Wildman–Crippen LogP) is 8.23. The van der Waals surface area contributed by atoms with Crippen molar-refractivity contribution in [1.82, 2.24) is 5.32 Å². The second-order valence-corrected chi connectivity index (χ2v) is 18.0. The average molecular weight is 558 g/mol. The van der Waals surface area contributed by atoms with E-state index in [0.717, 1.165) is 36.6 Å². The Kier molecular flexibility index (Phi) is 12.1. The van der Waals surface area contributed by atoms with E-state index in [1.807, 2.05) is 25.1 Å². The number of aryl methyl sites for hydroxylation is 2. The third-order valence-corrected chi connectivity index (χ3v) is 11.8. The summed E-state index contributed by atoms with van der Waals surface area (Å²) in [5.41, 5.74) is 6.34. The van der Waals surface area contributed by atoms with E-state index in [4.69, 9.17) is 16.3 Å². The lowest BCUT2D eigenvalue weighted by atomic mass is 9.84. The van der Waals surface area contributed by atoms with Crippen molar-refractivity contribution in [3.63, 3.8) is 0 Å². The van der Waals surface area contributed by atoms with Gasteiger partial charge in [-0.05, 0) is 76.4 Å². The van der Waals surface area contributed by atoms with Crippen molar-refractivity contribution in [3.8, 4) is 0 Å². The minimum absolute atomic E-state index is 0.00538. The predicted molar refractivity (Wildman–Crippen MR) is 167 cm³/mol. The Morgan fingerprint density at radius 2 is 1.68 bits per heavy atom. The lowest BCUT2D eigenvalue weighted by Gasteiger charge is -2.28. The second kappa shape index (κ2) is 14.1. The number of nitrogens with one attached hydrogen (secondary N) is 1. The Morgan fingerprint density at radius 3 is 2.26 bits per heavy atom. The molecule has 1 N–H and O–H groups in total. The standard InChI is InChI=1S/C33H52ClNO2Si/c1-23(2)27-15-12-14-25(17-18-32(4,5)6)29(27)19-26(21-37-22-38(10)33(7,8)9)35-31(36)20-28-24(3)13-11-16-30(28)34/h11-16,23,26,38H,17-22H2,1-10H3,(H,35,36)/t26-,38?/m1/s1. The Balaban J connectivity index is 2.31. The molecular weight excluding hydrogens is 506 g/mol. The summed E-state index contributed by atoms with van der Waals surface area (Å²) in [6, 6.07) is 12.4. The van der Waals surface area contributed by atoms with Crippen LogP contribution in [-0.2, 0) is 28.8 Å². The number of ether oxygens (including phenoxy) is 1. The van der Waals surface area contributed by atoms with Gasteiger partial charge in [-0.1, -0.05) is 104 Å². The molecule has 0 aliphatic heterocycles. The molecule has 0 heterocycles. The van der Waals surface area contributed by atoms with Gasteiger partial charge in [-0.15, -0.1) is 0 Å². The van der Waals surface area contributed by atoms with Gasteiger partial charge >= 0.3 is 0 Å². The van der Waals surface area contributed by atoms with Gasteiger partial charge in [0.25, 0.3) is 0 Å². The Morgan fingerprint density at radius 1 is 1.03 bits per heavy atom. The summed E-state index contributed by atoms with van der Waals surface area (Å²) >= 11 is 6.45. The van der Waals surface area contributed by atoms with E-state index in [-0.39, 0.29) is 23.8 Å². The lowest BCUT2D eigenvalue weighted by Crippen LogP contribution is -2.42. The molecule has 0 saturated carbocycles. The first-order valence-corrected chi connectivity index (χ1v) is 17.2. The topological polar surface area (TPSA) is 38.3 Å². The lowest BCUT2D eigenvalue weighted by molar-refractivity contribution is -0.121. The summed E-state index contributed by atoms with van der Waals surface area (Å²) in [4.78, 5) is 13.3. The molecular formula is C33H52ClNO2Si. The zero-order chi connectivity index (χ0) is 28.7. The molecule has 0 aromatic heterocycles. The van der Waals surface area contributed by atoms with Crippen LogP contribution in [0.3, 0.4) is 0 Å². The SMILES string of the molecule is Cc1cccc(Cl)c1CC(=O)N[C@@H](COC[SiH](C)C(C)(C)C)Cc1c(CCC(C)(C)C)cccc1C(C)C. The highest BCUT2D eigenvalue weighted by molar-refractivity contribution is 6.60. The molecule has 2 atom stereocenters. The van der Waals surface area contributed by atoms with Crippen molar-refractivity contribution < 1.29 is 9.53 Å². The number of benzene rings is 2. The molecule has 1 unspecified atom stereocenters. The first-order valence-electron chi connectivity index (χ1n) is 14.3. The summed E-state index contributed by atoms with van der Waals surface area (Å²) < 4.78 is 6.33. The minimum atomic E-state index is -1.06. The zero-order valence-electron chi connectivity index (χ0n) is 25.6. The molecule has 0 fully saturated rings. The molecule has 0 radical (unpaired) electrons. The summed E-state index contributed by atoms with van der Waals surface area (Å²) in [7, 11) is -1.06. The maximum absolute atomic E-state index is 13.3. The normalized spacial score (nSPS) is 14.0. The number of carbonyl (C=O) groups is 1. The van der Waals surface area contributed by atoms with Gasteiger partial charge in [0.2, 0.25) is 5.91 Å². The second-order valence-electron chi connectivity index (χ2n) is 13.7. The van der Waals surface area contributed by atoms with Crippen molar-refractivity contribution in [1.29, 1.82) is 0 Å². The number of hydrogen-bond acceptors (Lipinski definition) is 2. The molecule has 1 amide bonds. The van der Waals surface area contributed by atoms with Gasteiger partial charge in [-0.25, -0.2) is 0 Å². The number of carbonyl (C=O) groups excluding carboxylic acids is 1. The van der Waals surface area contributed by atoms with Gasteiger partial charge in [-0.3, -0.25) is 4.79 Å². The van der Waals surface area contributed by atoms with Crippen molar-refractivity contribution in [2.75, 3.05) is 12.8 Å². The van der Waals surface area contributed by atoms with Crippen LogP contribution < -0.4 is 5.32 Å². The number of amides is 1. The average Bonchev–Trinajstić information content (AvgIpc) is 2.79. The first-order chi connectivity index (χ1) is 17.6. The van der Waals surface area contributed by atoms with Crippen molar-refractivity contribution in [2.24, 2.45) is 5.41 Å². The number of hydrogen-bond donors (Lipinski definition) is 1. The van der Waals surface area contributed by atoms with Crippen LogP contribution >= 0.6 is 11.6 Å². The number of rotatable bonds is 12. The van der Waals surface area contributed by atoms with Crippen LogP contribution in [0.15, 0.2) is 36.4 Å². The fourth-order valence-electron chi connectivity index (χ4n) is 4.55. The molecule has 212 valence electrons. The van der Waals surface area contributed by atoms with Crippen LogP contribution in [0.1, 0.15) is 95.5 Å². The van der Waals surface area contributed by atoms with E-state index in [1.54, 1.807) is 0 Å². The van der Waals surface area contributed by atoms with Gasteiger partial charge in [-0.2, -0.15) is 0 Å². The zero-order valence-corrected chi connectivity index (χ0v) is 27.5. The molecule has 0 saturated heterocycles. The Bertz CT molecular complexity index is 1030. The van der Waals surface area contributed by atoms with Crippen LogP contribution in [0.25, 0.3) is 0 Å². The molecule has 2 aromatic rings. The van der Waals surface area contributed by atoms with Gasteiger partial charge in [0.15, 0.2) is 0 Å². The molecule has 2 aromatic carbocycles. The van der Waals surface area contributed by atoms with Crippen LogP contribution in [-0.4, -0.2) is 33.6 Å². The fraction of sp³-hybridized carbons (Fsp3) is 0.606. The molecule has 5 heteroatoms. The van der Waals surface area contributed by atoms with Crippen LogP contribution in [0.5, 0.6) is 0 Å². The Hall–Kier alpha value is -1.62. The first kappa shape index (κ1) is 32.6. The van der Waals surface area contributed by atoms with E-state index >= 15 is 0 Å². The minimum Gasteiger partial charge on any atom is -0.383 e. The fourth-order valence-corrected chi connectivity index (χ4v) is 5.83. The highest BCUT2D eigenvalue weighted by atomic mass is 35.5. The molecule has 0 aliphatic rings. The van der Waals surface area contributed by atoms with E-state index in [0.29, 0.717) is 22.6 Å². The maximum atomic E-state index is 13.3. The molecule has 38 heavy (non-hydrogen) atoms. The molecule has 0 aliphatic carbocycles. The van der Waals surface area contributed by atoms with Gasteiger partial charge in [0, 0.05) is 11.3 Å². The van der Waals surface area contributed by atoms with Gasteiger partial charge < -0.3 is 10.1 Å². The van der Waals surface area contributed by atoms with Crippen molar-refractivity contribution in [2.45, 2.75) is 112 Å². The molecule has 0 spiro atoms. The number of halogens is 1. The molecule has 2 rings (SSSR count).